The van der Waals surface area contributed by atoms with E-state index in [1.54, 1.807) is 32.1 Å². The van der Waals surface area contributed by atoms with Gasteiger partial charge in [0.1, 0.15) is 46.4 Å². The van der Waals surface area contributed by atoms with Gasteiger partial charge in [-0.2, -0.15) is 0 Å². The molecule has 0 radical (unpaired) electrons. The van der Waals surface area contributed by atoms with Gasteiger partial charge in [-0.25, -0.2) is 0 Å². The zero-order valence-corrected chi connectivity index (χ0v) is 20.4. The lowest BCUT2D eigenvalue weighted by molar-refractivity contribution is -0.125. The van der Waals surface area contributed by atoms with Crippen molar-refractivity contribution in [2.75, 3.05) is 14.2 Å². The van der Waals surface area contributed by atoms with E-state index in [1.165, 1.54) is 32.4 Å². The number of allylic oxidation sites excluding steroid dienone is 3. The molecule has 34 heavy (non-hydrogen) atoms. The third-order valence-corrected chi connectivity index (χ3v) is 5.90. The SMILES string of the molecule is COc1c(C(=O)/C=C/c2ccc(O)cc2)c(O)c(CC=C(C)C)c2c1[C@H](OC)[C@H](O)C(C)(C)O2. The third kappa shape index (κ3) is 4.81. The van der Waals surface area contributed by atoms with E-state index >= 15 is 0 Å². The number of aliphatic hydroxyl groups is 1. The number of hydrogen-bond acceptors (Lipinski definition) is 7. The van der Waals surface area contributed by atoms with Gasteiger partial charge in [0.25, 0.3) is 0 Å². The molecule has 1 heterocycles. The van der Waals surface area contributed by atoms with E-state index in [-0.39, 0.29) is 22.8 Å². The Morgan fingerprint density at radius 3 is 2.35 bits per heavy atom. The molecule has 0 unspecified atom stereocenters. The molecule has 0 aromatic heterocycles. The lowest BCUT2D eigenvalue weighted by Gasteiger charge is -2.43. The molecule has 0 saturated heterocycles. The molecule has 0 fully saturated rings. The highest BCUT2D eigenvalue weighted by Gasteiger charge is 2.47. The van der Waals surface area contributed by atoms with Crippen LogP contribution in [0.25, 0.3) is 6.08 Å². The van der Waals surface area contributed by atoms with Crippen molar-refractivity contribution in [3.63, 3.8) is 0 Å². The molecule has 1 aliphatic rings. The van der Waals surface area contributed by atoms with Crippen LogP contribution in [0.4, 0.5) is 0 Å². The minimum absolute atomic E-state index is 0.0361. The molecule has 2 aromatic carbocycles. The van der Waals surface area contributed by atoms with Crippen LogP contribution >= 0.6 is 0 Å². The summed E-state index contributed by atoms with van der Waals surface area (Å²) in [6, 6.07) is 6.36. The minimum Gasteiger partial charge on any atom is -0.508 e. The molecule has 7 nitrogen and oxygen atoms in total. The van der Waals surface area contributed by atoms with Gasteiger partial charge in [-0.1, -0.05) is 29.9 Å². The standard InChI is InChI=1S/C27H32O7/c1-15(2)7-13-18-22(30)20(19(29)14-10-16-8-11-17(28)12-9-16)24(32-5)21-23(18)34-27(3,4)26(31)25(21)33-6/h7-12,14,25-26,28,30-31H,13H2,1-6H3/b14-10+/t25-,26-/m0/s1. The van der Waals surface area contributed by atoms with E-state index in [1.807, 2.05) is 19.9 Å². The zero-order valence-electron chi connectivity index (χ0n) is 20.4. The van der Waals surface area contributed by atoms with Crippen LogP contribution in [0.1, 0.15) is 60.8 Å². The van der Waals surface area contributed by atoms with Gasteiger partial charge in [0.05, 0.1) is 12.7 Å². The number of carbonyl (C=O) groups is 1. The first-order valence-corrected chi connectivity index (χ1v) is 11.0. The van der Waals surface area contributed by atoms with Gasteiger partial charge in [-0.3, -0.25) is 4.79 Å². The quantitative estimate of drug-likeness (QED) is 0.306. The summed E-state index contributed by atoms with van der Waals surface area (Å²) < 4.78 is 17.4. The highest BCUT2D eigenvalue weighted by Crippen LogP contribution is 2.53. The Morgan fingerprint density at radius 1 is 1.15 bits per heavy atom. The molecule has 3 rings (SSSR count). The van der Waals surface area contributed by atoms with Crippen molar-refractivity contribution >= 4 is 11.9 Å². The van der Waals surface area contributed by atoms with E-state index in [4.69, 9.17) is 14.2 Å². The number of aliphatic hydroxyl groups excluding tert-OH is 1. The Morgan fingerprint density at radius 2 is 1.79 bits per heavy atom. The normalized spacial score (nSPS) is 18.8. The molecule has 1 aliphatic heterocycles. The number of ether oxygens (including phenoxy) is 3. The van der Waals surface area contributed by atoms with E-state index in [0.29, 0.717) is 28.9 Å². The topological polar surface area (TPSA) is 105 Å². The lowest BCUT2D eigenvalue weighted by atomic mass is 9.83. The van der Waals surface area contributed by atoms with Gasteiger partial charge in [-0.05, 0) is 57.9 Å². The molecular formula is C27H32O7. The average molecular weight is 469 g/mol. The van der Waals surface area contributed by atoms with E-state index in [9.17, 15) is 20.1 Å². The predicted octanol–water partition coefficient (Wildman–Crippen LogP) is 4.73. The number of rotatable bonds is 7. The summed E-state index contributed by atoms with van der Waals surface area (Å²) in [7, 11) is 2.86. The molecule has 0 bridgehead atoms. The number of fused-ring (bicyclic) bond motifs is 1. The van der Waals surface area contributed by atoms with Crippen LogP contribution in [-0.4, -0.2) is 47.0 Å². The Kier molecular flexibility index (Phi) is 7.38. The fraction of sp³-hybridized carbons (Fsp3) is 0.370. The summed E-state index contributed by atoms with van der Waals surface area (Å²) in [6.07, 6.45) is 3.25. The molecule has 0 aliphatic carbocycles. The van der Waals surface area contributed by atoms with Gasteiger partial charge >= 0.3 is 0 Å². The van der Waals surface area contributed by atoms with Gasteiger partial charge in [-0.15, -0.1) is 0 Å². The van der Waals surface area contributed by atoms with Crippen LogP contribution in [0, 0.1) is 0 Å². The predicted molar refractivity (Wildman–Crippen MR) is 130 cm³/mol. The zero-order chi connectivity index (χ0) is 25.2. The van der Waals surface area contributed by atoms with Crippen molar-refractivity contribution in [1.82, 2.24) is 0 Å². The highest BCUT2D eigenvalue weighted by atomic mass is 16.5. The van der Waals surface area contributed by atoms with Crippen LogP contribution in [0.5, 0.6) is 23.0 Å². The molecule has 2 aromatic rings. The van der Waals surface area contributed by atoms with Gasteiger partial charge in [0.2, 0.25) is 0 Å². The first kappa shape index (κ1) is 25.3. The fourth-order valence-corrected chi connectivity index (χ4v) is 4.01. The maximum Gasteiger partial charge on any atom is 0.193 e. The number of phenolic OH excluding ortho intramolecular Hbond substituents is 2. The molecule has 0 saturated carbocycles. The van der Waals surface area contributed by atoms with Crippen molar-refractivity contribution in [2.24, 2.45) is 0 Å². The molecule has 0 spiro atoms. The van der Waals surface area contributed by atoms with Crippen molar-refractivity contribution in [3.8, 4) is 23.0 Å². The van der Waals surface area contributed by atoms with Crippen molar-refractivity contribution in [3.05, 3.63) is 64.2 Å². The maximum atomic E-state index is 13.3. The second-order valence-electron chi connectivity index (χ2n) is 9.06. The summed E-state index contributed by atoms with van der Waals surface area (Å²) in [5.41, 5.74) is 1.49. The fourth-order valence-electron chi connectivity index (χ4n) is 4.01. The van der Waals surface area contributed by atoms with Crippen LogP contribution < -0.4 is 9.47 Å². The van der Waals surface area contributed by atoms with Gasteiger partial charge < -0.3 is 29.5 Å². The van der Waals surface area contributed by atoms with Crippen molar-refractivity contribution in [2.45, 2.75) is 51.9 Å². The number of methoxy groups -OCH3 is 2. The summed E-state index contributed by atoms with van der Waals surface area (Å²) >= 11 is 0. The lowest BCUT2D eigenvalue weighted by Crippen LogP contribution is -2.49. The largest absolute Gasteiger partial charge is 0.508 e. The number of ketones is 1. The van der Waals surface area contributed by atoms with Crippen LogP contribution in [-0.2, 0) is 11.2 Å². The van der Waals surface area contributed by atoms with Gasteiger partial charge in [0.15, 0.2) is 5.78 Å². The molecule has 182 valence electrons. The van der Waals surface area contributed by atoms with Crippen LogP contribution in [0.2, 0.25) is 0 Å². The molecular weight excluding hydrogens is 436 g/mol. The van der Waals surface area contributed by atoms with Crippen LogP contribution in [0.3, 0.4) is 0 Å². The number of phenols is 2. The Labute approximate surface area is 199 Å². The van der Waals surface area contributed by atoms with Crippen molar-refractivity contribution in [1.29, 1.82) is 0 Å². The summed E-state index contributed by atoms with van der Waals surface area (Å²) in [5.74, 6) is -0.176. The van der Waals surface area contributed by atoms with E-state index < -0.39 is 23.6 Å². The van der Waals surface area contributed by atoms with E-state index in [2.05, 4.69) is 0 Å². The first-order valence-electron chi connectivity index (χ1n) is 11.0. The second-order valence-corrected chi connectivity index (χ2v) is 9.06. The van der Waals surface area contributed by atoms with Crippen molar-refractivity contribution < 1.29 is 34.3 Å². The maximum absolute atomic E-state index is 13.3. The Balaban J connectivity index is 2.24. The number of hydrogen-bond donors (Lipinski definition) is 3. The minimum atomic E-state index is -1.05. The molecule has 7 heteroatoms. The van der Waals surface area contributed by atoms with Gasteiger partial charge in [0, 0.05) is 12.7 Å². The smallest absolute Gasteiger partial charge is 0.193 e. The third-order valence-electron chi connectivity index (χ3n) is 5.90. The molecule has 0 amide bonds. The summed E-state index contributed by atoms with van der Waals surface area (Å²) in [4.78, 5) is 13.3. The molecule has 2 atom stereocenters. The molecule has 3 N–H and O–H groups in total. The van der Waals surface area contributed by atoms with E-state index in [0.717, 1.165) is 5.57 Å². The monoisotopic (exact) mass is 468 g/mol. The average Bonchev–Trinajstić information content (AvgIpc) is 2.78. The number of carbonyl (C=O) groups excluding carboxylic acids is 1. The number of benzene rings is 2. The summed E-state index contributed by atoms with van der Waals surface area (Å²) in [5, 5.41) is 31.7. The van der Waals surface area contributed by atoms with Crippen LogP contribution in [0.15, 0.2) is 42.0 Å². The highest BCUT2D eigenvalue weighted by molar-refractivity contribution is 6.11. The Bertz CT molecular complexity index is 1120. The Hall–Kier alpha value is -3.29. The summed E-state index contributed by atoms with van der Waals surface area (Å²) in [6.45, 7) is 7.35. The number of aromatic hydroxyl groups is 2. The first-order chi connectivity index (χ1) is 16.0. The second kappa shape index (κ2) is 9.91.